The van der Waals surface area contributed by atoms with E-state index in [2.05, 4.69) is 15.1 Å². The quantitative estimate of drug-likeness (QED) is 0.638. The van der Waals surface area contributed by atoms with Gasteiger partial charge in [-0.05, 0) is 26.0 Å². The molecule has 110 valence electrons. The number of esters is 1. The molecule has 0 fully saturated rings. The molecule has 0 radical (unpaired) electrons. The number of pyridine rings is 1. The lowest BCUT2D eigenvalue weighted by molar-refractivity contribution is 0.0594. The molecule has 0 unspecified atom stereocenters. The first-order valence-corrected chi connectivity index (χ1v) is 6.51. The van der Waals surface area contributed by atoms with E-state index < -0.39 is 5.97 Å². The summed E-state index contributed by atoms with van der Waals surface area (Å²) in [5.74, 6) is -0.463. The van der Waals surface area contributed by atoms with E-state index >= 15 is 0 Å². The highest BCUT2D eigenvalue weighted by atomic mass is 16.5. The summed E-state index contributed by atoms with van der Waals surface area (Å²) in [6.45, 7) is 3.89. The molecule has 0 saturated heterocycles. The number of aliphatic imine (C=N–C) groups is 1. The first kappa shape index (κ1) is 14.9. The van der Waals surface area contributed by atoms with Gasteiger partial charge >= 0.3 is 5.97 Å². The van der Waals surface area contributed by atoms with E-state index in [1.165, 1.54) is 7.11 Å². The second kappa shape index (κ2) is 5.87. The molecule has 0 aliphatic rings. The highest BCUT2D eigenvalue weighted by molar-refractivity contribution is 5.93. The number of ether oxygens (including phenoxy) is 1. The average molecular weight is 286 g/mol. The van der Waals surface area contributed by atoms with Crippen molar-refractivity contribution in [3.05, 3.63) is 34.8 Å². The lowest BCUT2D eigenvalue weighted by Gasteiger charge is -2.08. The number of aryl methyl sites for hydroxylation is 2. The largest absolute Gasteiger partial charge is 0.464 e. The molecule has 0 amide bonds. The van der Waals surface area contributed by atoms with Crippen LogP contribution in [0.4, 0.5) is 0 Å². The van der Waals surface area contributed by atoms with Crippen molar-refractivity contribution in [1.29, 1.82) is 0 Å². The third-order valence-corrected chi connectivity index (χ3v) is 3.33. The summed E-state index contributed by atoms with van der Waals surface area (Å²) >= 11 is 0. The van der Waals surface area contributed by atoms with E-state index in [1.54, 1.807) is 24.0 Å². The molecule has 2 aromatic rings. The Balaban J connectivity index is 2.71. The summed E-state index contributed by atoms with van der Waals surface area (Å²) in [4.78, 5) is 20.2. The summed E-state index contributed by atoms with van der Waals surface area (Å²) < 4.78 is 6.53. The van der Waals surface area contributed by atoms with Gasteiger partial charge in [-0.25, -0.2) is 9.78 Å². The lowest BCUT2D eigenvalue weighted by atomic mass is 10.0. The average Bonchev–Trinajstić information content (AvgIpc) is 2.72. The highest BCUT2D eigenvalue weighted by Crippen LogP contribution is 2.27. The van der Waals surface area contributed by atoms with Gasteiger partial charge in [-0.2, -0.15) is 5.10 Å². The van der Waals surface area contributed by atoms with E-state index in [0.29, 0.717) is 5.69 Å². The summed E-state index contributed by atoms with van der Waals surface area (Å²) in [5, 5.41) is 4.40. The first-order chi connectivity index (χ1) is 9.99. The van der Waals surface area contributed by atoms with Gasteiger partial charge in [0.2, 0.25) is 0 Å². The molecule has 0 bridgehead atoms. The van der Waals surface area contributed by atoms with Crippen molar-refractivity contribution in [3.63, 3.8) is 0 Å². The SMILES string of the molecule is CN=Cc1ccc(C(=O)OC)nc1-c1c(C)nn(C)c1C. The van der Waals surface area contributed by atoms with Gasteiger partial charge in [0.25, 0.3) is 0 Å². The normalized spacial score (nSPS) is 11.1. The summed E-state index contributed by atoms with van der Waals surface area (Å²) in [6, 6.07) is 3.45. The van der Waals surface area contributed by atoms with Gasteiger partial charge in [-0.3, -0.25) is 9.67 Å². The van der Waals surface area contributed by atoms with Crippen LogP contribution in [0, 0.1) is 13.8 Å². The van der Waals surface area contributed by atoms with Crippen LogP contribution in [0.1, 0.15) is 27.4 Å². The van der Waals surface area contributed by atoms with Gasteiger partial charge in [0, 0.05) is 37.1 Å². The molecule has 21 heavy (non-hydrogen) atoms. The highest BCUT2D eigenvalue weighted by Gasteiger charge is 2.18. The molecule has 0 aliphatic heterocycles. The Labute approximate surface area is 123 Å². The van der Waals surface area contributed by atoms with Crippen LogP contribution in [0.3, 0.4) is 0 Å². The van der Waals surface area contributed by atoms with Gasteiger partial charge < -0.3 is 4.74 Å². The zero-order valence-corrected chi connectivity index (χ0v) is 12.8. The molecule has 0 saturated carbocycles. The van der Waals surface area contributed by atoms with Crippen LogP contribution in [0.2, 0.25) is 0 Å². The maximum Gasteiger partial charge on any atom is 0.356 e. The van der Waals surface area contributed by atoms with Crippen LogP contribution in [0.15, 0.2) is 17.1 Å². The molecule has 0 aromatic carbocycles. The fourth-order valence-electron chi connectivity index (χ4n) is 2.25. The van der Waals surface area contributed by atoms with Crippen molar-refractivity contribution in [2.45, 2.75) is 13.8 Å². The van der Waals surface area contributed by atoms with Crippen molar-refractivity contribution in [2.75, 3.05) is 14.2 Å². The number of carbonyl (C=O) groups is 1. The van der Waals surface area contributed by atoms with Crippen molar-refractivity contribution in [2.24, 2.45) is 12.0 Å². The topological polar surface area (TPSA) is 69.4 Å². The zero-order chi connectivity index (χ0) is 15.6. The van der Waals surface area contributed by atoms with E-state index in [9.17, 15) is 4.79 Å². The lowest BCUT2D eigenvalue weighted by Crippen LogP contribution is -2.07. The van der Waals surface area contributed by atoms with Crippen LogP contribution in [-0.4, -0.2) is 41.1 Å². The van der Waals surface area contributed by atoms with E-state index in [-0.39, 0.29) is 5.69 Å². The fraction of sp³-hybridized carbons (Fsp3) is 0.333. The predicted molar refractivity (Wildman–Crippen MR) is 80.8 cm³/mol. The molecule has 2 heterocycles. The zero-order valence-electron chi connectivity index (χ0n) is 12.8. The van der Waals surface area contributed by atoms with Crippen LogP contribution in [-0.2, 0) is 11.8 Å². The van der Waals surface area contributed by atoms with Crippen LogP contribution >= 0.6 is 0 Å². The maximum absolute atomic E-state index is 11.7. The van der Waals surface area contributed by atoms with E-state index in [0.717, 1.165) is 22.5 Å². The van der Waals surface area contributed by atoms with E-state index in [4.69, 9.17) is 4.74 Å². The Morgan fingerprint density at radius 1 is 1.38 bits per heavy atom. The minimum absolute atomic E-state index is 0.267. The maximum atomic E-state index is 11.7. The standard InChI is InChI=1S/C15H18N4O2/c1-9-13(10(2)19(4)18-9)14-11(8-16-3)6-7-12(17-14)15(20)21-5/h6-8H,1-5H3. The number of methoxy groups -OCH3 is 1. The van der Waals surface area contributed by atoms with Crippen LogP contribution in [0.5, 0.6) is 0 Å². The molecule has 0 aliphatic carbocycles. The summed E-state index contributed by atoms with van der Waals surface area (Å²) in [5.41, 5.74) is 4.54. The minimum atomic E-state index is -0.463. The third-order valence-electron chi connectivity index (χ3n) is 3.33. The summed E-state index contributed by atoms with van der Waals surface area (Å²) in [6.07, 6.45) is 1.72. The van der Waals surface area contributed by atoms with Crippen molar-refractivity contribution in [1.82, 2.24) is 14.8 Å². The Morgan fingerprint density at radius 2 is 2.10 bits per heavy atom. The van der Waals surface area contributed by atoms with Gasteiger partial charge in [-0.1, -0.05) is 0 Å². The smallest absolute Gasteiger partial charge is 0.356 e. The van der Waals surface area contributed by atoms with Gasteiger partial charge in [0.05, 0.1) is 18.5 Å². The Morgan fingerprint density at radius 3 is 2.62 bits per heavy atom. The third kappa shape index (κ3) is 2.69. The molecular weight excluding hydrogens is 268 g/mol. The number of aromatic nitrogens is 3. The second-order valence-electron chi connectivity index (χ2n) is 4.68. The monoisotopic (exact) mass is 286 g/mol. The Kier molecular flexibility index (Phi) is 4.16. The molecule has 0 spiro atoms. The molecule has 0 N–H and O–H groups in total. The van der Waals surface area contributed by atoms with Gasteiger partial charge in [-0.15, -0.1) is 0 Å². The predicted octanol–water partition coefficient (Wildman–Crippen LogP) is 1.93. The molecule has 0 atom stereocenters. The molecule has 2 rings (SSSR count). The number of nitrogens with zero attached hydrogens (tertiary/aromatic N) is 4. The number of hydrogen-bond donors (Lipinski definition) is 0. The minimum Gasteiger partial charge on any atom is -0.464 e. The fourth-order valence-corrected chi connectivity index (χ4v) is 2.25. The molecular formula is C15H18N4O2. The molecule has 2 aromatic heterocycles. The van der Waals surface area contributed by atoms with E-state index in [1.807, 2.05) is 27.0 Å². The van der Waals surface area contributed by atoms with Crippen LogP contribution < -0.4 is 0 Å². The van der Waals surface area contributed by atoms with Gasteiger partial charge in [0.1, 0.15) is 5.69 Å². The van der Waals surface area contributed by atoms with Gasteiger partial charge in [0.15, 0.2) is 0 Å². The Bertz CT molecular complexity index is 717. The number of rotatable bonds is 3. The number of carbonyl (C=O) groups excluding carboxylic acids is 1. The number of hydrogen-bond acceptors (Lipinski definition) is 5. The summed E-state index contributed by atoms with van der Waals surface area (Å²) in [7, 11) is 4.91. The Hall–Kier alpha value is -2.50. The van der Waals surface area contributed by atoms with Crippen molar-refractivity contribution >= 4 is 12.2 Å². The molecule has 6 heteroatoms. The second-order valence-corrected chi connectivity index (χ2v) is 4.68. The first-order valence-electron chi connectivity index (χ1n) is 6.51. The van der Waals surface area contributed by atoms with Crippen molar-refractivity contribution in [3.8, 4) is 11.3 Å². The van der Waals surface area contributed by atoms with Crippen LogP contribution in [0.25, 0.3) is 11.3 Å². The molecule has 6 nitrogen and oxygen atoms in total. The van der Waals surface area contributed by atoms with Crippen molar-refractivity contribution < 1.29 is 9.53 Å².